The number of aliphatic imine (C=N–C) groups is 1. The standard InChI is InChI=1S/C24H39N5O2.HI/c1-25-24(29-15-13-28(14-16-29)19-23(30)26-12-17-31-2)27-18-20-8-10-22(11-9-20)21-6-4-3-5-7-21;/h3-7,20,22H,8-19H2,1-2H3,(H,25,27)(H,26,30);1H. The molecule has 0 aromatic heterocycles. The summed E-state index contributed by atoms with van der Waals surface area (Å²) in [6.07, 6.45) is 5.10. The highest BCUT2D eigenvalue weighted by molar-refractivity contribution is 14.0. The molecule has 1 amide bonds. The zero-order valence-corrected chi connectivity index (χ0v) is 21.9. The molecule has 1 aromatic rings. The van der Waals surface area contributed by atoms with Crippen molar-refractivity contribution in [1.29, 1.82) is 0 Å². The highest BCUT2D eigenvalue weighted by atomic mass is 127. The lowest BCUT2D eigenvalue weighted by molar-refractivity contribution is -0.122. The highest BCUT2D eigenvalue weighted by Gasteiger charge is 2.24. The Morgan fingerprint density at radius 1 is 1.06 bits per heavy atom. The van der Waals surface area contributed by atoms with Gasteiger partial charge in [0.05, 0.1) is 13.2 Å². The van der Waals surface area contributed by atoms with Crippen LogP contribution in [0, 0.1) is 5.92 Å². The van der Waals surface area contributed by atoms with Gasteiger partial charge in [0.1, 0.15) is 0 Å². The molecule has 180 valence electrons. The number of hydrogen-bond donors (Lipinski definition) is 2. The number of carbonyl (C=O) groups is 1. The maximum Gasteiger partial charge on any atom is 0.234 e. The number of halogens is 1. The Bertz CT molecular complexity index is 687. The second-order valence-corrected chi connectivity index (χ2v) is 8.66. The zero-order chi connectivity index (χ0) is 21.9. The fourth-order valence-corrected chi connectivity index (χ4v) is 4.66. The first kappa shape index (κ1) is 26.9. The number of amides is 1. The van der Waals surface area contributed by atoms with Crippen molar-refractivity contribution in [2.45, 2.75) is 31.6 Å². The summed E-state index contributed by atoms with van der Waals surface area (Å²) >= 11 is 0. The van der Waals surface area contributed by atoms with E-state index in [1.165, 1.54) is 31.2 Å². The average Bonchev–Trinajstić information content (AvgIpc) is 2.81. The number of benzene rings is 1. The van der Waals surface area contributed by atoms with Crippen LogP contribution in [-0.4, -0.2) is 88.2 Å². The molecule has 0 radical (unpaired) electrons. The molecule has 2 fully saturated rings. The van der Waals surface area contributed by atoms with Crippen molar-refractivity contribution in [2.24, 2.45) is 10.9 Å². The van der Waals surface area contributed by atoms with Gasteiger partial charge in [-0.15, -0.1) is 24.0 Å². The van der Waals surface area contributed by atoms with Gasteiger partial charge in [-0.25, -0.2) is 0 Å². The molecule has 2 aliphatic rings. The van der Waals surface area contributed by atoms with E-state index < -0.39 is 0 Å². The molecule has 8 heteroatoms. The Morgan fingerprint density at radius 2 is 1.75 bits per heavy atom. The van der Waals surface area contributed by atoms with Crippen LogP contribution in [0.2, 0.25) is 0 Å². The Hall–Kier alpha value is -1.39. The minimum absolute atomic E-state index is 0. The summed E-state index contributed by atoms with van der Waals surface area (Å²) in [6, 6.07) is 10.9. The third-order valence-electron chi connectivity index (χ3n) is 6.55. The molecule has 0 unspecified atom stereocenters. The van der Waals surface area contributed by atoms with Crippen LogP contribution < -0.4 is 10.6 Å². The van der Waals surface area contributed by atoms with E-state index in [0.29, 0.717) is 25.6 Å². The number of hydrogen-bond acceptors (Lipinski definition) is 4. The van der Waals surface area contributed by atoms with Gasteiger partial charge in [-0.3, -0.25) is 14.7 Å². The molecule has 1 saturated carbocycles. The van der Waals surface area contributed by atoms with Gasteiger partial charge < -0.3 is 20.3 Å². The van der Waals surface area contributed by atoms with Gasteiger partial charge in [-0.2, -0.15) is 0 Å². The highest BCUT2D eigenvalue weighted by Crippen LogP contribution is 2.35. The van der Waals surface area contributed by atoms with E-state index in [2.05, 4.69) is 55.8 Å². The summed E-state index contributed by atoms with van der Waals surface area (Å²) in [5.41, 5.74) is 1.50. The lowest BCUT2D eigenvalue weighted by atomic mass is 9.79. The van der Waals surface area contributed by atoms with Crippen LogP contribution >= 0.6 is 24.0 Å². The lowest BCUT2D eigenvalue weighted by Gasteiger charge is -2.37. The molecule has 0 bridgehead atoms. The van der Waals surface area contributed by atoms with E-state index in [1.807, 2.05) is 7.05 Å². The van der Waals surface area contributed by atoms with Gasteiger partial charge in [0.25, 0.3) is 0 Å². The number of ether oxygens (including phenoxy) is 1. The number of carbonyl (C=O) groups excluding carboxylic acids is 1. The second kappa shape index (κ2) is 14.7. The third kappa shape index (κ3) is 8.51. The van der Waals surface area contributed by atoms with Crippen molar-refractivity contribution < 1.29 is 9.53 Å². The molecule has 1 aromatic carbocycles. The van der Waals surface area contributed by atoms with E-state index >= 15 is 0 Å². The van der Waals surface area contributed by atoms with Gasteiger partial charge in [-0.05, 0) is 43.1 Å². The topological polar surface area (TPSA) is 69.2 Å². The number of guanidine groups is 1. The Kier molecular flexibility index (Phi) is 12.3. The number of piperazine rings is 1. The second-order valence-electron chi connectivity index (χ2n) is 8.66. The summed E-state index contributed by atoms with van der Waals surface area (Å²) in [4.78, 5) is 21.0. The number of nitrogens with zero attached hydrogens (tertiary/aromatic N) is 3. The molecule has 32 heavy (non-hydrogen) atoms. The summed E-state index contributed by atoms with van der Waals surface area (Å²) in [6.45, 7) is 6.11. The average molecular weight is 558 g/mol. The molecular formula is C24H40IN5O2. The first-order valence-corrected chi connectivity index (χ1v) is 11.7. The van der Waals surface area contributed by atoms with Gasteiger partial charge in [0, 0.05) is 53.4 Å². The summed E-state index contributed by atoms with van der Waals surface area (Å²) in [5.74, 6) is 2.50. The zero-order valence-electron chi connectivity index (χ0n) is 19.6. The summed E-state index contributed by atoms with van der Waals surface area (Å²) < 4.78 is 4.97. The van der Waals surface area contributed by atoms with Crippen molar-refractivity contribution in [1.82, 2.24) is 20.4 Å². The maximum atomic E-state index is 12.0. The normalized spacial score (nSPS) is 22.2. The largest absolute Gasteiger partial charge is 0.383 e. The van der Waals surface area contributed by atoms with Crippen molar-refractivity contribution in [2.75, 3.05) is 66.6 Å². The maximum absolute atomic E-state index is 12.0. The number of methoxy groups -OCH3 is 1. The fourth-order valence-electron chi connectivity index (χ4n) is 4.66. The minimum atomic E-state index is 0. The van der Waals surface area contributed by atoms with E-state index in [1.54, 1.807) is 7.11 Å². The molecule has 3 rings (SSSR count). The number of nitrogens with one attached hydrogen (secondary N) is 2. The van der Waals surface area contributed by atoms with Crippen molar-refractivity contribution in [3.05, 3.63) is 35.9 Å². The van der Waals surface area contributed by atoms with Crippen LogP contribution in [0.3, 0.4) is 0 Å². The summed E-state index contributed by atoms with van der Waals surface area (Å²) in [5, 5.41) is 6.51. The third-order valence-corrected chi connectivity index (χ3v) is 6.55. The van der Waals surface area contributed by atoms with Crippen LogP contribution in [0.4, 0.5) is 0 Å². The van der Waals surface area contributed by atoms with E-state index in [-0.39, 0.29) is 29.9 Å². The number of rotatable bonds is 8. The molecule has 0 spiro atoms. The first-order chi connectivity index (χ1) is 15.2. The van der Waals surface area contributed by atoms with Crippen LogP contribution in [0.25, 0.3) is 0 Å². The first-order valence-electron chi connectivity index (χ1n) is 11.7. The monoisotopic (exact) mass is 557 g/mol. The molecule has 7 nitrogen and oxygen atoms in total. The van der Waals surface area contributed by atoms with Crippen LogP contribution in [0.15, 0.2) is 35.3 Å². The summed E-state index contributed by atoms with van der Waals surface area (Å²) in [7, 11) is 3.51. The van der Waals surface area contributed by atoms with E-state index in [0.717, 1.165) is 44.6 Å². The van der Waals surface area contributed by atoms with Gasteiger partial charge >= 0.3 is 0 Å². The van der Waals surface area contributed by atoms with Crippen molar-refractivity contribution in [3.8, 4) is 0 Å². The smallest absolute Gasteiger partial charge is 0.234 e. The predicted octanol–water partition coefficient (Wildman–Crippen LogP) is 2.53. The van der Waals surface area contributed by atoms with Gasteiger partial charge in [0.15, 0.2) is 5.96 Å². The van der Waals surface area contributed by atoms with Crippen LogP contribution in [0.5, 0.6) is 0 Å². The molecular weight excluding hydrogens is 517 g/mol. The minimum Gasteiger partial charge on any atom is -0.383 e. The fraction of sp³-hybridized carbons (Fsp3) is 0.667. The SMILES string of the molecule is CN=C(NCC1CCC(c2ccccc2)CC1)N1CCN(CC(=O)NCCOC)CC1.I. The molecule has 1 aliphatic carbocycles. The van der Waals surface area contributed by atoms with Crippen molar-refractivity contribution >= 4 is 35.8 Å². The molecule has 2 N–H and O–H groups in total. The Balaban J connectivity index is 0.00000363. The van der Waals surface area contributed by atoms with Crippen LogP contribution in [-0.2, 0) is 9.53 Å². The lowest BCUT2D eigenvalue weighted by Crippen LogP contribution is -2.54. The van der Waals surface area contributed by atoms with Gasteiger partial charge in [0.2, 0.25) is 5.91 Å². The Morgan fingerprint density at radius 3 is 2.38 bits per heavy atom. The van der Waals surface area contributed by atoms with E-state index in [4.69, 9.17) is 4.74 Å². The quantitative estimate of drug-likeness (QED) is 0.223. The molecule has 1 saturated heterocycles. The van der Waals surface area contributed by atoms with Crippen LogP contribution in [0.1, 0.15) is 37.2 Å². The van der Waals surface area contributed by atoms with Gasteiger partial charge in [-0.1, -0.05) is 30.3 Å². The molecule has 1 aliphatic heterocycles. The van der Waals surface area contributed by atoms with Crippen molar-refractivity contribution in [3.63, 3.8) is 0 Å². The Labute approximate surface area is 210 Å². The molecule has 0 atom stereocenters. The molecule has 1 heterocycles. The predicted molar refractivity (Wildman–Crippen MR) is 141 cm³/mol. The van der Waals surface area contributed by atoms with E-state index in [9.17, 15) is 4.79 Å².